The Labute approximate surface area is 73.0 Å². The lowest BCUT2D eigenvalue weighted by molar-refractivity contribution is -0.139. The molecule has 0 fully saturated rings. The summed E-state index contributed by atoms with van der Waals surface area (Å²) in [4.78, 5) is 0. The number of benzene rings is 1. The van der Waals surface area contributed by atoms with Crippen molar-refractivity contribution in [3.8, 4) is 0 Å². The minimum absolute atomic E-state index is 0.203. The fourth-order valence-corrected chi connectivity index (χ4v) is 0.827. The first-order valence-corrected chi connectivity index (χ1v) is 3.24. The second-order valence-corrected chi connectivity index (χ2v) is 2.43. The summed E-state index contributed by atoms with van der Waals surface area (Å²) in [5.74, 6) is -1.52. The van der Waals surface area contributed by atoms with Gasteiger partial charge in [0, 0.05) is 0 Å². The number of alkyl halides is 3. The van der Waals surface area contributed by atoms with Crippen molar-refractivity contribution in [2.24, 2.45) is 0 Å². The van der Waals surface area contributed by atoms with Crippen LogP contribution in [-0.2, 0) is 6.18 Å². The van der Waals surface area contributed by atoms with E-state index in [9.17, 15) is 17.6 Å². The van der Waals surface area contributed by atoms with E-state index in [1.54, 1.807) is 0 Å². The Balaban J connectivity index is 3.35. The molecule has 0 aromatic heterocycles. The predicted octanol–water partition coefficient (Wildman–Crippen LogP) is 1.22. The van der Waals surface area contributed by atoms with Crippen LogP contribution in [0.4, 0.5) is 23.2 Å². The highest BCUT2D eigenvalue weighted by Gasteiger charge is 2.34. The van der Waals surface area contributed by atoms with E-state index in [1.165, 1.54) is 0 Å². The SMILES string of the molecule is [B]c1ccc(C(F)(F)F)c(F)c1N. The molecule has 1 rings (SSSR count). The highest BCUT2D eigenvalue weighted by molar-refractivity contribution is 6.35. The van der Waals surface area contributed by atoms with Crippen molar-refractivity contribution in [3.63, 3.8) is 0 Å². The number of halogens is 4. The molecule has 0 spiro atoms. The van der Waals surface area contributed by atoms with E-state index in [0.717, 1.165) is 6.07 Å². The van der Waals surface area contributed by atoms with Gasteiger partial charge >= 0.3 is 6.18 Å². The van der Waals surface area contributed by atoms with Gasteiger partial charge in [0.1, 0.15) is 7.85 Å². The van der Waals surface area contributed by atoms with Crippen LogP contribution in [0.2, 0.25) is 0 Å². The Kier molecular flexibility index (Phi) is 2.23. The van der Waals surface area contributed by atoms with Crippen LogP contribution in [0.25, 0.3) is 0 Å². The van der Waals surface area contributed by atoms with Crippen molar-refractivity contribution < 1.29 is 17.6 Å². The largest absolute Gasteiger partial charge is 0.419 e. The fraction of sp³-hybridized carbons (Fsp3) is 0.143. The zero-order valence-corrected chi connectivity index (χ0v) is 6.32. The molecule has 0 amide bonds. The minimum atomic E-state index is -4.74. The van der Waals surface area contributed by atoms with Crippen molar-refractivity contribution in [2.45, 2.75) is 6.18 Å². The molecular formula is C7H4BF4N. The molecule has 0 bridgehead atoms. The topological polar surface area (TPSA) is 26.0 Å². The standard InChI is InChI=1S/C7H4BF4N/c8-4-2-1-3(7(10,11)12)5(9)6(4)13/h1-2H,13H2. The van der Waals surface area contributed by atoms with E-state index in [4.69, 9.17) is 13.6 Å². The Morgan fingerprint density at radius 2 is 1.77 bits per heavy atom. The Bertz CT molecular complexity index is 334. The van der Waals surface area contributed by atoms with Crippen LogP contribution in [0.1, 0.15) is 5.56 Å². The van der Waals surface area contributed by atoms with Crippen molar-refractivity contribution in [3.05, 3.63) is 23.5 Å². The number of hydrogen-bond acceptors (Lipinski definition) is 1. The van der Waals surface area contributed by atoms with E-state index in [0.29, 0.717) is 6.07 Å². The zero-order chi connectivity index (χ0) is 10.2. The van der Waals surface area contributed by atoms with E-state index < -0.39 is 23.2 Å². The van der Waals surface area contributed by atoms with Gasteiger partial charge in [0.05, 0.1) is 11.3 Å². The van der Waals surface area contributed by atoms with Crippen LogP contribution in [0, 0.1) is 5.82 Å². The molecule has 13 heavy (non-hydrogen) atoms. The molecular weight excluding hydrogens is 185 g/mol. The van der Waals surface area contributed by atoms with E-state index >= 15 is 0 Å². The van der Waals surface area contributed by atoms with Crippen LogP contribution < -0.4 is 11.2 Å². The third-order valence-corrected chi connectivity index (χ3v) is 1.52. The minimum Gasteiger partial charge on any atom is -0.397 e. The van der Waals surface area contributed by atoms with E-state index in [2.05, 4.69) is 0 Å². The maximum Gasteiger partial charge on any atom is 0.419 e. The van der Waals surface area contributed by atoms with Crippen molar-refractivity contribution >= 4 is 19.0 Å². The van der Waals surface area contributed by atoms with Crippen molar-refractivity contribution in [1.29, 1.82) is 0 Å². The van der Waals surface area contributed by atoms with Gasteiger partial charge in [-0.15, -0.1) is 0 Å². The number of nitrogen functional groups attached to an aromatic ring is 1. The summed E-state index contributed by atoms with van der Waals surface area (Å²) in [5.41, 5.74) is 2.70. The van der Waals surface area contributed by atoms with Crippen LogP contribution in [0.15, 0.2) is 12.1 Å². The lowest BCUT2D eigenvalue weighted by Gasteiger charge is -2.10. The van der Waals surface area contributed by atoms with Gasteiger partial charge in [0.25, 0.3) is 0 Å². The normalized spacial score (nSPS) is 11.7. The molecule has 0 saturated heterocycles. The van der Waals surface area contributed by atoms with Gasteiger partial charge in [0.15, 0.2) is 5.82 Å². The second-order valence-electron chi connectivity index (χ2n) is 2.43. The quantitative estimate of drug-likeness (QED) is 0.370. The fourth-order valence-electron chi connectivity index (χ4n) is 0.827. The van der Waals surface area contributed by atoms with Crippen molar-refractivity contribution in [1.82, 2.24) is 0 Å². The molecule has 0 aliphatic heterocycles. The maximum absolute atomic E-state index is 12.8. The summed E-state index contributed by atoms with van der Waals surface area (Å²) < 4.78 is 48.9. The number of rotatable bonds is 0. The van der Waals surface area contributed by atoms with Gasteiger partial charge in [-0.2, -0.15) is 13.2 Å². The van der Waals surface area contributed by atoms with Gasteiger partial charge in [-0.25, -0.2) is 4.39 Å². The Hall–Kier alpha value is -1.20. The smallest absolute Gasteiger partial charge is 0.397 e. The van der Waals surface area contributed by atoms with Gasteiger partial charge in [-0.1, -0.05) is 11.5 Å². The summed E-state index contributed by atoms with van der Waals surface area (Å²) >= 11 is 0. The summed E-state index contributed by atoms with van der Waals surface area (Å²) in [5, 5.41) is 0. The van der Waals surface area contributed by atoms with Gasteiger partial charge < -0.3 is 5.73 Å². The first kappa shape index (κ1) is 9.89. The molecule has 68 valence electrons. The van der Waals surface area contributed by atoms with Crippen LogP contribution >= 0.6 is 0 Å². The molecule has 0 heterocycles. The van der Waals surface area contributed by atoms with Gasteiger partial charge in [-0.3, -0.25) is 0 Å². The van der Waals surface area contributed by atoms with Gasteiger partial charge in [-0.05, 0) is 6.07 Å². The molecule has 6 heteroatoms. The lowest BCUT2D eigenvalue weighted by Crippen LogP contribution is -2.17. The first-order chi connectivity index (χ1) is 5.84. The third-order valence-electron chi connectivity index (χ3n) is 1.52. The van der Waals surface area contributed by atoms with Gasteiger partial charge in [0.2, 0.25) is 0 Å². The average Bonchev–Trinajstić information content (AvgIpc) is 1.98. The number of hydrogen-bond donors (Lipinski definition) is 1. The molecule has 0 unspecified atom stereocenters. The molecule has 0 saturated carbocycles. The molecule has 0 aliphatic rings. The second kappa shape index (κ2) is 2.94. The average molecular weight is 189 g/mol. The summed E-state index contributed by atoms with van der Waals surface area (Å²) in [7, 11) is 5.10. The van der Waals surface area contributed by atoms with Crippen LogP contribution in [0.5, 0.6) is 0 Å². The highest BCUT2D eigenvalue weighted by Crippen LogP contribution is 2.32. The van der Waals surface area contributed by atoms with E-state index in [1.807, 2.05) is 0 Å². The molecule has 0 aliphatic carbocycles. The van der Waals surface area contributed by atoms with Crippen LogP contribution in [-0.4, -0.2) is 7.85 Å². The molecule has 2 radical (unpaired) electrons. The predicted molar refractivity (Wildman–Crippen MR) is 41.2 cm³/mol. The highest BCUT2D eigenvalue weighted by atomic mass is 19.4. The molecule has 1 nitrogen and oxygen atoms in total. The Morgan fingerprint density at radius 1 is 1.23 bits per heavy atom. The summed E-state index contributed by atoms with van der Waals surface area (Å²) in [6.45, 7) is 0. The lowest BCUT2D eigenvalue weighted by atomic mass is 9.92. The van der Waals surface area contributed by atoms with Crippen molar-refractivity contribution in [2.75, 3.05) is 5.73 Å². The maximum atomic E-state index is 12.8. The Morgan fingerprint density at radius 3 is 2.23 bits per heavy atom. The number of anilines is 1. The first-order valence-electron chi connectivity index (χ1n) is 3.24. The van der Waals surface area contributed by atoms with Crippen LogP contribution in [0.3, 0.4) is 0 Å². The molecule has 1 aromatic rings. The zero-order valence-electron chi connectivity index (χ0n) is 6.32. The summed E-state index contributed by atoms with van der Waals surface area (Å²) in [6.07, 6.45) is -4.74. The molecule has 2 N–H and O–H groups in total. The molecule has 1 aromatic carbocycles. The number of nitrogens with two attached hydrogens (primary N) is 1. The summed E-state index contributed by atoms with van der Waals surface area (Å²) in [6, 6.07) is 1.47. The monoisotopic (exact) mass is 189 g/mol. The molecule has 0 atom stereocenters. The third kappa shape index (κ3) is 1.76. The van der Waals surface area contributed by atoms with E-state index in [-0.39, 0.29) is 5.46 Å².